The van der Waals surface area contributed by atoms with Gasteiger partial charge in [-0.1, -0.05) is 18.2 Å². The maximum Gasteiger partial charge on any atom is 0.238 e. The van der Waals surface area contributed by atoms with Crippen molar-refractivity contribution in [1.29, 1.82) is 5.26 Å². The topological polar surface area (TPSA) is 96.0 Å². The number of nitrogens with one attached hydrogen (secondary N) is 1. The standard InChI is InChI=1S/C15H14FN3O2S/c1-10(11-4-2-5-12(8-11)22(18,20)21)19-15-7-3-6-14(16)13(15)9-17/h2-8,10,19H,1H3,(H2,18,20,21)/t10-/m1/s1. The van der Waals surface area contributed by atoms with Crippen LogP contribution in [0.1, 0.15) is 24.1 Å². The highest BCUT2D eigenvalue weighted by atomic mass is 32.2. The number of rotatable bonds is 4. The smallest absolute Gasteiger partial charge is 0.238 e. The van der Waals surface area contributed by atoms with E-state index in [-0.39, 0.29) is 16.5 Å². The number of nitrogens with two attached hydrogens (primary N) is 1. The van der Waals surface area contributed by atoms with Crippen LogP contribution in [-0.2, 0) is 10.0 Å². The molecule has 0 amide bonds. The molecule has 0 aliphatic heterocycles. The number of nitriles is 1. The summed E-state index contributed by atoms with van der Waals surface area (Å²) in [5.74, 6) is -0.613. The van der Waals surface area contributed by atoms with Crippen molar-refractivity contribution in [2.75, 3.05) is 5.32 Å². The first-order valence-electron chi connectivity index (χ1n) is 6.41. The number of halogens is 1. The van der Waals surface area contributed by atoms with E-state index < -0.39 is 15.8 Å². The predicted molar refractivity (Wildman–Crippen MR) is 81.0 cm³/mol. The van der Waals surface area contributed by atoms with Crippen LogP contribution >= 0.6 is 0 Å². The summed E-state index contributed by atoms with van der Waals surface area (Å²) >= 11 is 0. The van der Waals surface area contributed by atoms with Crippen LogP contribution in [0, 0.1) is 17.1 Å². The Morgan fingerprint density at radius 1 is 1.27 bits per heavy atom. The summed E-state index contributed by atoms with van der Waals surface area (Å²) < 4.78 is 36.3. The van der Waals surface area contributed by atoms with Crippen molar-refractivity contribution in [2.45, 2.75) is 17.9 Å². The Labute approximate surface area is 128 Å². The number of hydrogen-bond donors (Lipinski definition) is 2. The van der Waals surface area contributed by atoms with Crippen LogP contribution in [0.15, 0.2) is 47.4 Å². The van der Waals surface area contributed by atoms with Crippen molar-refractivity contribution in [3.05, 3.63) is 59.4 Å². The Morgan fingerprint density at radius 2 is 1.95 bits per heavy atom. The lowest BCUT2D eigenvalue weighted by Gasteiger charge is -2.17. The lowest BCUT2D eigenvalue weighted by Crippen LogP contribution is -2.14. The third-order valence-electron chi connectivity index (χ3n) is 3.18. The first-order chi connectivity index (χ1) is 10.3. The zero-order valence-electron chi connectivity index (χ0n) is 11.7. The zero-order valence-corrected chi connectivity index (χ0v) is 12.6. The minimum absolute atomic E-state index is 0.00148. The van der Waals surface area contributed by atoms with Crippen LogP contribution in [-0.4, -0.2) is 8.42 Å². The number of anilines is 1. The van der Waals surface area contributed by atoms with Crippen LogP contribution in [0.5, 0.6) is 0 Å². The van der Waals surface area contributed by atoms with Gasteiger partial charge in [0.1, 0.15) is 17.4 Å². The molecule has 3 N–H and O–H groups in total. The Hall–Kier alpha value is -2.43. The molecule has 1 atom stereocenters. The Morgan fingerprint density at radius 3 is 2.59 bits per heavy atom. The average Bonchev–Trinajstić information content (AvgIpc) is 2.47. The second-order valence-corrected chi connectivity index (χ2v) is 6.32. The molecule has 0 saturated carbocycles. The summed E-state index contributed by atoms with van der Waals surface area (Å²) in [5.41, 5.74) is 0.910. The van der Waals surface area contributed by atoms with Gasteiger partial charge in [0.25, 0.3) is 0 Å². The molecule has 2 aromatic carbocycles. The predicted octanol–water partition coefficient (Wildman–Crippen LogP) is 2.52. The van der Waals surface area contributed by atoms with Crippen LogP contribution in [0.25, 0.3) is 0 Å². The third-order valence-corrected chi connectivity index (χ3v) is 4.10. The van der Waals surface area contributed by atoms with Crippen LogP contribution in [0.2, 0.25) is 0 Å². The van der Waals surface area contributed by atoms with Crippen LogP contribution in [0.4, 0.5) is 10.1 Å². The molecule has 0 saturated heterocycles. The first-order valence-corrected chi connectivity index (χ1v) is 7.95. The summed E-state index contributed by atoms with van der Waals surface area (Å²) in [5, 5.41) is 17.1. The second kappa shape index (κ2) is 6.13. The van der Waals surface area contributed by atoms with Crippen molar-refractivity contribution >= 4 is 15.7 Å². The van der Waals surface area contributed by atoms with Gasteiger partial charge in [0, 0.05) is 6.04 Å². The molecule has 0 bridgehead atoms. The Balaban J connectivity index is 2.33. The van der Waals surface area contributed by atoms with E-state index in [9.17, 15) is 12.8 Å². The fourth-order valence-corrected chi connectivity index (χ4v) is 2.60. The second-order valence-electron chi connectivity index (χ2n) is 4.76. The van der Waals surface area contributed by atoms with E-state index in [0.29, 0.717) is 11.3 Å². The molecule has 5 nitrogen and oxygen atoms in total. The van der Waals surface area contributed by atoms with Gasteiger partial charge >= 0.3 is 0 Å². The molecule has 2 rings (SSSR count). The largest absolute Gasteiger partial charge is 0.377 e. The highest BCUT2D eigenvalue weighted by Gasteiger charge is 2.14. The minimum atomic E-state index is -3.79. The van der Waals surface area contributed by atoms with Gasteiger partial charge in [-0.3, -0.25) is 0 Å². The summed E-state index contributed by atoms with van der Waals surface area (Å²) in [7, 11) is -3.79. The summed E-state index contributed by atoms with van der Waals surface area (Å²) in [6.07, 6.45) is 0. The van der Waals surface area contributed by atoms with Gasteiger partial charge in [0.2, 0.25) is 10.0 Å². The van der Waals surface area contributed by atoms with E-state index in [1.54, 1.807) is 31.2 Å². The van der Waals surface area contributed by atoms with Crippen molar-refractivity contribution in [1.82, 2.24) is 0 Å². The molecule has 0 unspecified atom stereocenters. The molecule has 7 heteroatoms. The van der Waals surface area contributed by atoms with Crippen molar-refractivity contribution < 1.29 is 12.8 Å². The Kier molecular flexibility index (Phi) is 4.45. The molecular formula is C15H14FN3O2S. The molecular weight excluding hydrogens is 305 g/mol. The average molecular weight is 319 g/mol. The van der Waals surface area contributed by atoms with Crippen LogP contribution < -0.4 is 10.5 Å². The summed E-state index contributed by atoms with van der Waals surface area (Å²) in [4.78, 5) is -0.00148. The van der Waals surface area contributed by atoms with E-state index in [2.05, 4.69) is 5.32 Å². The highest BCUT2D eigenvalue weighted by Crippen LogP contribution is 2.24. The molecule has 0 fully saturated rings. The van der Waals surface area contributed by atoms with Gasteiger partial charge in [0.05, 0.1) is 10.6 Å². The first kappa shape index (κ1) is 15.9. The molecule has 0 spiro atoms. The number of benzene rings is 2. The van der Waals surface area contributed by atoms with E-state index in [4.69, 9.17) is 10.4 Å². The molecule has 0 aliphatic rings. The van der Waals surface area contributed by atoms with E-state index in [1.807, 2.05) is 0 Å². The van der Waals surface area contributed by atoms with E-state index in [0.717, 1.165) is 0 Å². The molecule has 22 heavy (non-hydrogen) atoms. The summed E-state index contributed by atoms with van der Waals surface area (Å²) in [6, 6.07) is 11.9. The zero-order chi connectivity index (χ0) is 16.3. The van der Waals surface area contributed by atoms with E-state index >= 15 is 0 Å². The molecule has 0 heterocycles. The highest BCUT2D eigenvalue weighted by molar-refractivity contribution is 7.89. The van der Waals surface area contributed by atoms with Gasteiger partial charge in [-0.25, -0.2) is 17.9 Å². The summed E-state index contributed by atoms with van der Waals surface area (Å²) in [6.45, 7) is 1.77. The molecule has 0 aliphatic carbocycles. The molecule has 0 aromatic heterocycles. The number of hydrogen-bond acceptors (Lipinski definition) is 4. The molecule has 0 radical (unpaired) electrons. The van der Waals surface area contributed by atoms with Crippen molar-refractivity contribution in [2.24, 2.45) is 5.14 Å². The normalized spacial score (nSPS) is 12.5. The van der Waals surface area contributed by atoms with Gasteiger partial charge < -0.3 is 5.32 Å². The van der Waals surface area contributed by atoms with Crippen molar-refractivity contribution in [3.63, 3.8) is 0 Å². The van der Waals surface area contributed by atoms with Gasteiger partial charge in [-0.15, -0.1) is 0 Å². The number of nitrogens with zero attached hydrogens (tertiary/aromatic N) is 1. The Bertz CT molecular complexity index is 844. The maximum absolute atomic E-state index is 13.6. The van der Waals surface area contributed by atoms with Crippen molar-refractivity contribution in [3.8, 4) is 6.07 Å². The third kappa shape index (κ3) is 3.42. The lowest BCUT2D eigenvalue weighted by atomic mass is 10.1. The number of sulfonamides is 1. The molecule has 2 aromatic rings. The minimum Gasteiger partial charge on any atom is -0.377 e. The SMILES string of the molecule is C[C@@H](Nc1cccc(F)c1C#N)c1cccc(S(N)(=O)=O)c1. The lowest BCUT2D eigenvalue weighted by molar-refractivity contribution is 0.597. The quantitative estimate of drug-likeness (QED) is 0.905. The maximum atomic E-state index is 13.6. The number of primary sulfonamides is 1. The van der Waals surface area contributed by atoms with Gasteiger partial charge in [0.15, 0.2) is 0 Å². The van der Waals surface area contributed by atoms with Gasteiger partial charge in [-0.2, -0.15) is 5.26 Å². The van der Waals surface area contributed by atoms with Crippen LogP contribution in [0.3, 0.4) is 0 Å². The molecule has 114 valence electrons. The van der Waals surface area contributed by atoms with Gasteiger partial charge in [-0.05, 0) is 36.8 Å². The fourth-order valence-electron chi connectivity index (χ4n) is 2.04. The monoisotopic (exact) mass is 319 g/mol. The van der Waals surface area contributed by atoms with E-state index in [1.165, 1.54) is 24.3 Å². The fraction of sp³-hybridized carbons (Fsp3) is 0.133.